The molecule has 0 spiro atoms. The van der Waals surface area contributed by atoms with E-state index in [-0.39, 0.29) is 24.1 Å². The molecule has 0 saturated carbocycles. The largest absolute Gasteiger partial charge is 0.492 e. The molecule has 0 aliphatic carbocycles. The van der Waals surface area contributed by atoms with E-state index in [1.807, 2.05) is 20.8 Å². The van der Waals surface area contributed by atoms with E-state index >= 15 is 0 Å². The fraction of sp³-hybridized carbons (Fsp3) is 0.571. The van der Waals surface area contributed by atoms with E-state index in [0.29, 0.717) is 18.0 Å². The molecule has 154 valence electrons. The molecule has 0 saturated heterocycles. The fourth-order valence-corrected chi connectivity index (χ4v) is 2.11. The number of hydrogen-bond donors (Lipinski definition) is 0. The Morgan fingerprint density at radius 1 is 1.14 bits per heavy atom. The van der Waals surface area contributed by atoms with Crippen LogP contribution in [0.3, 0.4) is 0 Å². The summed E-state index contributed by atoms with van der Waals surface area (Å²) in [6.07, 6.45) is -0.701. The van der Waals surface area contributed by atoms with E-state index in [2.05, 4.69) is 6.07 Å². The second kappa shape index (κ2) is 9.45. The smallest absolute Gasteiger partial charge is 0.415 e. The highest BCUT2D eigenvalue weighted by Crippen LogP contribution is 2.27. The van der Waals surface area contributed by atoms with Crippen LogP contribution in [0.5, 0.6) is 5.75 Å². The molecule has 0 unspecified atom stereocenters. The van der Waals surface area contributed by atoms with Crippen LogP contribution in [0.15, 0.2) is 18.2 Å². The second-order valence-electron chi connectivity index (χ2n) is 8.51. The van der Waals surface area contributed by atoms with Gasteiger partial charge < -0.3 is 14.2 Å². The van der Waals surface area contributed by atoms with E-state index in [0.717, 1.165) is 4.90 Å². The summed E-state index contributed by atoms with van der Waals surface area (Å²) in [7, 11) is 0. The standard InChI is InChI=1S/C21H30N2O5/c1-8-26-18(24)13-23(19(25)28-21(5,6)7)16-9-10-17(15(11-16)12-22)27-14-20(2,3)4/h9-11H,8,13-14H2,1-7H3. The highest BCUT2D eigenvalue weighted by Gasteiger charge is 2.26. The van der Waals surface area contributed by atoms with Crippen LogP contribution in [-0.4, -0.2) is 37.4 Å². The zero-order chi connectivity index (χ0) is 21.5. The zero-order valence-corrected chi connectivity index (χ0v) is 17.8. The Labute approximate surface area is 167 Å². The summed E-state index contributed by atoms with van der Waals surface area (Å²) >= 11 is 0. The molecule has 0 fully saturated rings. The van der Waals surface area contributed by atoms with Gasteiger partial charge in [0.15, 0.2) is 0 Å². The molecule has 0 bridgehead atoms. The number of carbonyl (C=O) groups is 2. The van der Waals surface area contributed by atoms with Crippen molar-refractivity contribution in [1.82, 2.24) is 0 Å². The van der Waals surface area contributed by atoms with Gasteiger partial charge in [-0.05, 0) is 51.3 Å². The van der Waals surface area contributed by atoms with Crippen molar-refractivity contribution in [3.8, 4) is 11.8 Å². The molecular formula is C21H30N2O5. The minimum absolute atomic E-state index is 0.0716. The molecule has 0 atom stereocenters. The molecular weight excluding hydrogens is 360 g/mol. The van der Waals surface area contributed by atoms with Crippen LogP contribution in [0, 0.1) is 16.7 Å². The highest BCUT2D eigenvalue weighted by molar-refractivity contribution is 5.94. The molecule has 1 aromatic carbocycles. The van der Waals surface area contributed by atoms with Crippen molar-refractivity contribution in [3.63, 3.8) is 0 Å². The Bertz CT molecular complexity index is 739. The van der Waals surface area contributed by atoms with Gasteiger partial charge in [-0.25, -0.2) is 4.79 Å². The summed E-state index contributed by atoms with van der Waals surface area (Å²) in [4.78, 5) is 25.7. The maximum Gasteiger partial charge on any atom is 0.415 e. The van der Waals surface area contributed by atoms with Crippen molar-refractivity contribution in [2.45, 2.75) is 54.1 Å². The Morgan fingerprint density at radius 2 is 1.79 bits per heavy atom. The molecule has 0 radical (unpaired) electrons. The number of rotatable bonds is 6. The summed E-state index contributed by atoms with van der Waals surface area (Å²) < 4.78 is 16.1. The van der Waals surface area contributed by atoms with E-state index in [9.17, 15) is 14.9 Å². The van der Waals surface area contributed by atoms with Crippen molar-refractivity contribution < 1.29 is 23.8 Å². The summed E-state index contributed by atoms with van der Waals surface area (Å²) in [5.74, 6) is -0.152. The molecule has 0 N–H and O–H groups in total. The topological polar surface area (TPSA) is 88.9 Å². The minimum Gasteiger partial charge on any atom is -0.492 e. The van der Waals surface area contributed by atoms with E-state index in [4.69, 9.17) is 14.2 Å². The maximum absolute atomic E-state index is 12.6. The molecule has 28 heavy (non-hydrogen) atoms. The normalized spacial score (nSPS) is 11.4. The number of benzene rings is 1. The van der Waals surface area contributed by atoms with Crippen molar-refractivity contribution in [3.05, 3.63) is 23.8 Å². The molecule has 1 amide bonds. The molecule has 0 aliphatic rings. The fourth-order valence-electron chi connectivity index (χ4n) is 2.11. The average molecular weight is 390 g/mol. The number of hydrogen-bond acceptors (Lipinski definition) is 6. The number of esters is 1. The lowest BCUT2D eigenvalue weighted by atomic mass is 9.98. The van der Waals surface area contributed by atoms with Crippen LogP contribution in [0.2, 0.25) is 0 Å². The molecule has 0 aliphatic heterocycles. The third kappa shape index (κ3) is 7.87. The lowest BCUT2D eigenvalue weighted by molar-refractivity contribution is -0.141. The predicted molar refractivity (Wildman–Crippen MR) is 106 cm³/mol. The summed E-state index contributed by atoms with van der Waals surface area (Å²) in [5.41, 5.74) is -0.198. The van der Waals surface area contributed by atoms with Gasteiger partial charge in [-0.1, -0.05) is 20.8 Å². The van der Waals surface area contributed by atoms with E-state index in [1.54, 1.807) is 39.8 Å². The van der Waals surface area contributed by atoms with Gasteiger partial charge in [0.1, 0.15) is 24.0 Å². The lowest BCUT2D eigenvalue weighted by Gasteiger charge is -2.27. The van der Waals surface area contributed by atoms with Crippen LogP contribution in [-0.2, 0) is 14.3 Å². The number of ether oxygens (including phenoxy) is 3. The minimum atomic E-state index is -0.738. The Kier molecular flexibility index (Phi) is 7.86. The van der Waals surface area contributed by atoms with Gasteiger partial charge >= 0.3 is 12.1 Å². The van der Waals surface area contributed by atoms with Gasteiger partial charge in [0.25, 0.3) is 0 Å². The lowest BCUT2D eigenvalue weighted by Crippen LogP contribution is -2.40. The first-order valence-corrected chi connectivity index (χ1v) is 9.19. The van der Waals surface area contributed by atoms with Crippen LogP contribution >= 0.6 is 0 Å². The zero-order valence-electron chi connectivity index (χ0n) is 17.8. The van der Waals surface area contributed by atoms with Gasteiger partial charge in [-0.3, -0.25) is 9.69 Å². The van der Waals surface area contributed by atoms with Crippen molar-refractivity contribution >= 4 is 17.7 Å². The molecule has 0 aromatic heterocycles. The van der Waals surface area contributed by atoms with Gasteiger partial charge in [-0.15, -0.1) is 0 Å². The number of anilines is 1. The first-order chi connectivity index (χ1) is 12.9. The number of amides is 1. The SMILES string of the molecule is CCOC(=O)CN(C(=O)OC(C)(C)C)c1ccc(OCC(C)(C)C)c(C#N)c1. The van der Waals surface area contributed by atoms with E-state index < -0.39 is 17.7 Å². The summed E-state index contributed by atoms with van der Waals surface area (Å²) in [5, 5.41) is 9.49. The van der Waals surface area contributed by atoms with Crippen molar-refractivity contribution in [2.75, 3.05) is 24.7 Å². The molecule has 7 nitrogen and oxygen atoms in total. The number of nitriles is 1. The predicted octanol–water partition coefficient (Wildman–Crippen LogP) is 4.29. The van der Waals surface area contributed by atoms with Gasteiger partial charge in [0, 0.05) is 5.69 Å². The average Bonchev–Trinajstić information content (AvgIpc) is 2.55. The first kappa shape index (κ1) is 23.3. The second-order valence-corrected chi connectivity index (χ2v) is 8.51. The van der Waals surface area contributed by atoms with Crippen LogP contribution in [0.1, 0.15) is 54.0 Å². The monoisotopic (exact) mass is 390 g/mol. The van der Waals surface area contributed by atoms with Gasteiger partial charge in [-0.2, -0.15) is 5.26 Å². The quantitative estimate of drug-likeness (QED) is 0.673. The Hall–Kier alpha value is -2.75. The van der Waals surface area contributed by atoms with Crippen LogP contribution < -0.4 is 9.64 Å². The highest BCUT2D eigenvalue weighted by atomic mass is 16.6. The van der Waals surface area contributed by atoms with Crippen molar-refractivity contribution in [1.29, 1.82) is 5.26 Å². The Balaban J connectivity index is 3.19. The molecule has 1 aromatic rings. The third-order valence-electron chi connectivity index (χ3n) is 3.26. The number of carbonyl (C=O) groups excluding carboxylic acids is 2. The molecule has 1 rings (SSSR count). The molecule has 7 heteroatoms. The number of nitrogens with zero attached hydrogens (tertiary/aromatic N) is 2. The summed E-state index contributed by atoms with van der Waals surface area (Å²) in [6, 6.07) is 6.80. The summed E-state index contributed by atoms with van der Waals surface area (Å²) in [6.45, 7) is 13.3. The third-order valence-corrected chi connectivity index (χ3v) is 3.26. The van der Waals surface area contributed by atoms with Gasteiger partial charge in [0.05, 0.1) is 18.8 Å². The van der Waals surface area contributed by atoms with Crippen molar-refractivity contribution in [2.24, 2.45) is 5.41 Å². The first-order valence-electron chi connectivity index (χ1n) is 9.19. The van der Waals surface area contributed by atoms with Crippen LogP contribution in [0.25, 0.3) is 0 Å². The van der Waals surface area contributed by atoms with Crippen LogP contribution in [0.4, 0.5) is 10.5 Å². The Morgan fingerprint density at radius 3 is 2.29 bits per heavy atom. The maximum atomic E-state index is 12.6. The van der Waals surface area contributed by atoms with Gasteiger partial charge in [0.2, 0.25) is 0 Å². The van der Waals surface area contributed by atoms with E-state index in [1.165, 1.54) is 6.07 Å². The molecule has 0 heterocycles.